The molecule has 6 heterocycles. The molecule has 202 valence electrons. The molecule has 0 N–H and O–H groups in total. The van der Waals surface area contributed by atoms with Crippen LogP contribution in [-0.2, 0) is 9.47 Å². The number of rotatable bonds is 5. The van der Waals surface area contributed by atoms with Crippen LogP contribution in [0.5, 0.6) is 11.6 Å². The summed E-state index contributed by atoms with van der Waals surface area (Å²) in [4.78, 5) is 42.3. The van der Waals surface area contributed by atoms with E-state index in [1.165, 1.54) is 24.6 Å². The number of fused-ring (bicyclic) bond motifs is 3. The molecule has 0 aliphatic carbocycles. The van der Waals surface area contributed by atoms with E-state index in [1.54, 1.807) is 24.4 Å². The van der Waals surface area contributed by atoms with E-state index in [-0.39, 0.29) is 29.6 Å². The van der Waals surface area contributed by atoms with Crippen LogP contribution in [0.2, 0.25) is 0 Å². The molecule has 1 aromatic carbocycles. The Balaban J connectivity index is 1.33. The number of esters is 1. The number of oxazole rings is 1. The predicted molar refractivity (Wildman–Crippen MR) is 143 cm³/mol. The molecule has 12 heteroatoms. The first-order valence-corrected chi connectivity index (χ1v) is 13.4. The van der Waals surface area contributed by atoms with Crippen LogP contribution in [0.3, 0.4) is 0 Å². The third-order valence-corrected chi connectivity index (χ3v) is 7.42. The zero-order chi connectivity index (χ0) is 27.3. The minimum absolute atomic E-state index is 0.0129. The van der Waals surface area contributed by atoms with Crippen molar-refractivity contribution in [1.82, 2.24) is 19.9 Å². The van der Waals surface area contributed by atoms with Crippen LogP contribution in [0, 0.1) is 0 Å². The van der Waals surface area contributed by atoms with E-state index >= 15 is 0 Å². The van der Waals surface area contributed by atoms with Gasteiger partial charge in [0, 0.05) is 30.9 Å². The number of piperidine rings is 1. The van der Waals surface area contributed by atoms with Gasteiger partial charge in [-0.15, -0.1) is 11.3 Å². The van der Waals surface area contributed by atoms with Crippen molar-refractivity contribution in [1.29, 1.82) is 0 Å². The Morgan fingerprint density at radius 2 is 1.90 bits per heavy atom. The zero-order valence-corrected chi connectivity index (χ0v) is 22.7. The maximum Gasteiger partial charge on any atom is 0.410 e. The van der Waals surface area contributed by atoms with Crippen molar-refractivity contribution >= 4 is 40.5 Å². The predicted octanol–water partition coefficient (Wildman–Crippen LogP) is 5.12. The summed E-state index contributed by atoms with van der Waals surface area (Å²) in [6.45, 7) is 6.73. The molecule has 0 radical (unpaired) electrons. The average molecular weight is 550 g/mol. The molecule has 3 aliphatic heterocycles. The van der Waals surface area contributed by atoms with Gasteiger partial charge in [-0.1, -0.05) is 0 Å². The van der Waals surface area contributed by atoms with Crippen molar-refractivity contribution in [2.75, 3.05) is 25.1 Å². The Kier molecular flexibility index (Phi) is 6.13. The van der Waals surface area contributed by atoms with Crippen molar-refractivity contribution in [3.8, 4) is 22.2 Å². The normalized spacial score (nSPS) is 18.6. The molecule has 2 unspecified atom stereocenters. The standard InChI is InChI=1S/C27H27N5O6S/c1-27(2,3)38-26(34)32-15-12-16(32)14-31(13-15)25-30-20-19(36-22-18(24(33)35-4)6-5-9-28-22)8-7-17(21(20)37-25)23-29-10-11-39-23/h5-11,15-16H,12-14H2,1-4H3. The lowest BCUT2D eigenvalue weighted by Gasteiger charge is -2.55. The Hall–Kier alpha value is -4.19. The van der Waals surface area contributed by atoms with E-state index in [9.17, 15) is 9.59 Å². The minimum atomic E-state index is -0.559. The number of anilines is 1. The topological polar surface area (TPSA) is 120 Å². The maximum atomic E-state index is 12.7. The SMILES string of the molecule is COC(=O)c1cccnc1Oc1ccc(-c2nccs2)c2oc(N3CC4CC(C3)N4C(=O)OC(C)(C)C)nc12. The molecular formula is C27H27N5O6S. The van der Waals surface area contributed by atoms with Crippen molar-refractivity contribution in [2.24, 2.45) is 0 Å². The van der Waals surface area contributed by atoms with Gasteiger partial charge in [-0.2, -0.15) is 4.98 Å². The van der Waals surface area contributed by atoms with Gasteiger partial charge < -0.3 is 23.5 Å². The highest BCUT2D eigenvalue weighted by atomic mass is 32.1. The van der Waals surface area contributed by atoms with Gasteiger partial charge in [0.2, 0.25) is 5.88 Å². The summed E-state index contributed by atoms with van der Waals surface area (Å²) in [5.41, 5.74) is 1.40. The van der Waals surface area contributed by atoms with Crippen LogP contribution in [-0.4, -0.2) is 69.8 Å². The smallest absolute Gasteiger partial charge is 0.410 e. The van der Waals surface area contributed by atoms with Gasteiger partial charge in [0.1, 0.15) is 16.2 Å². The van der Waals surface area contributed by atoms with E-state index in [2.05, 4.69) is 9.97 Å². The Morgan fingerprint density at radius 3 is 2.59 bits per heavy atom. The van der Waals surface area contributed by atoms with Crippen molar-refractivity contribution in [3.63, 3.8) is 0 Å². The van der Waals surface area contributed by atoms with Gasteiger partial charge in [0.25, 0.3) is 6.01 Å². The fourth-order valence-corrected chi connectivity index (χ4v) is 5.59. The van der Waals surface area contributed by atoms with Crippen LogP contribution < -0.4 is 9.64 Å². The molecule has 3 fully saturated rings. The second-order valence-electron chi connectivity index (χ2n) is 10.4. The average Bonchev–Trinajstić information content (AvgIpc) is 3.59. The van der Waals surface area contributed by atoms with Crippen LogP contribution in [0.1, 0.15) is 37.6 Å². The van der Waals surface area contributed by atoms with Gasteiger partial charge in [0.05, 0.1) is 24.8 Å². The van der Waals surface area contributed by atoms with Crippen molar-refractivity contribution in [3.05, 3.63) is 47.6 Å². The Bertz CT molecular complexity index is 1530. The molecule has 11 nitrogen and oxygen atoms in total. The molecule has 0 saturated carbocycles. The van der Waals surface area contributed by atoms with Gasteiger partial charge in [-0.25, -0.2) is 19.6 Å². The molecule has 2 bridgehead atoms. The fraction of sp³-hybridized carbons (Fsp3) is 0.370. The van der Waals surface area contributed by atoms with Crippen LogP contribution in [0.15, 0.2) is 46.5 Å². The Labute approximate surface area is 228 Å². The monoisotopic (exact) mass is 549 g/mol. The minimum Gasteiger partial charge on any atom is -0.465 e. The van der Waals surface area contributed by atoms with Gasteiger partial charge >= 0.3 is 12.1 Å². The summed E-state index contributed by atoms with van der Waals surface area (Å²) in [5.74, 6) is -0.0807. The van der Waals surface area contributed by atoms with Gasteiger partial charge in [-0.05, 0) is 51.5 Å². The molecule has 0 spiro atoms. The van der Waals surface area contributed by atoms with E-state index in [0.29, 0.717) is 36.0 Å². The van der Waals surface area contributed by atoms with Crippen LogP contribution >= 0.6 is 11.3 Å². The van der Waals surface area contributed by atoms with Crippen LogP contribution in [0.4, 0.5) is 10.8 Å². The number of hydrogen-bond donors (Lipinski definition) is 0. The molecule has 7 rings (SSSR count). The second-order valence-corrected chi connectivity index (χ2v) is 11.3. The van der Waals surface area contributed by atoms with Crippen molar-refractivity contribution in [2.45, 2.75) is 44.9 Å². The number of pyridine rings is 1. The first kappa shape index (κ1) is 25.1. The number of benzene rings is 1. The van der Waals surface area contributed by atoms with E-state index in [1.807, 2.05) is 42.0 Å². The molecule has 3 aromatic heterocycles. The first-order chi connectivity index (χ1) is 18.7. The number of aromatic nitrogens is 3. The van der Waals surface area contributed by atoms with E-state index in [4.69, 9.17) is 23.6 Å². The van der Waals surface area contributed by atoms with E-state index in [0.717, 1.165) is 17.0 Å². The lowest BCUT2D eigenvalue weighted by Crippen LogP contribution is -2.70. The molecule has 39 heavy (non-hydrogen) atoms. The molecule has 2 atom stereocenters. The number of ether oxygens (including phenoxy) is 3. The van der Waals surface area contributed by atoms with E-state index < -0.39 is 11.6 Å². The number of amides is 1. The lowest BCUT2D eigenvalue weighted by molar-refractivity contribution is -0.0386. The summed E-state index contributed by atoms with van der Waals surface area (Å²) in [6.07, 6.45) is 3.88. The molecular weight excluding hydrogens is 522 g/mol. The highest BCUT2D eigenvalue weighted by molar-refractivity contribution is 7.13. The molecule has 3 saturated heterocycles. The summed E-state index contributed by atoms with van der Waals surface area (Å²) in [7, 11) is 1.30. The molecule has 1 amide bonds. The number of piperazine rings is 1. The number of thiazole rings is 1. The number of hydrogen-bond acceptors (Lipinski definition) is 11. The number of carbonyl (C=O) groups is 2. The highest BCUT2D eigenvalue weighted by Gasteiger charge is 2.49. The number of carbonyl (C=O) groups excluding carboxylic acids is 2. The summed E-state index contributed by atoms with van der Waals surface area (Å²) in [5, 5.41) is 2.67. The maximum absolute atomic E-state index is 12.7. The zero-order valence-electron chi connectivity index (χ0n) is 21.9. The molecule has 4 aromatic rings. The summed E-state index contributed by atoms with van der Waals surface area (Å²) >= 11 is 1.49. The highest BCUT2D eigenvalue weighted by Crippen LogP contribution is 2.41. The van der Waals surface area contributed by atoms with Crippen molar-refractivity contribution < 1.29 is 28.2 Å². The number of nitrogens with zero attached hydrogens (tertiary/aromatic N) is 5. The third-order valence-electron chi connectivity index (χ3n) is 6.61. The quantitative estimate of drug-likeness (QED) is 0.310. The lowest BCUT2D eigenvalue weighted by atomic mass is 9.88. The Morgan fingerprint density at radius 1 is 1.10 bits per heavy atom. The first-order valence-electron chi connectivity index (χ1n) is 12.5. The third kappa shape index (κ3) is 4.65. The second kappa shape index (κ2) is 9.53. The van der Waals surface area contributed by atoms with Crippen LogP contribution in [0.25, 0.3) is 21.7 Å². The summed E-state index contributed by atoms with van der Waals surface area (Å²) in [6, 6.07) is 7.28. The largest absolute Gasteiger partial charge is 0.465 e. The summed E-state index contributed by atoms with van der Waals surface area (Å²) < 4.78 is 22.9. The molecule has 3 aliphatic rings. The fourth-order valence-electron chi connectivity index (χ4n) is 4.93. The number of methoxy groups -OCH3 is 1. The van der Waals surface area contributed by atoms with Gasteiger partial charge in [0.15, 0.2) is 16.8 Å². The van der Waals surface area contributed by atoms with Gasteiger partial charge in [-0.3, -0.25) is 4.90 Å².